The number of methoxy groups -OCH3 is 1. The molecule has 0 aliphatic carbocycles. The van der Waals surface area contributed by atoms with E-state index < -0.39 is 5.97 Å². The van der Waals surface area contributed by atoms with Crippen LogP contribution in [0.15, 0.2) is 29.5 Å². The quantitative estimate of drug-likeness (QED) is 0.587. The maximum atomic E-state index is 12.5. The van der Waals surface area contributed by atoms with E-state index in [9.17, 15) is 9.59 Å². The third kappa shape index (κ3) is 2.14. The van der Waals surface area contributed by atoms with Crippen molar-refractivity contribution >= 4 is 11.8 Å². The predicted octanol–water partition coefficient (Wildman–Crippen LogP) is 2.16. The number of ether oxygens (including phenoxy) is 2. The van der Waals surface area contributed by atoms with Gasteiger partial charge in [-0.05, 0) is 36.6 Å². The molecule has 0 saturated carbocycles. The number of ketones is 1. The number of carbonyl (C=O) groups is 2. The maximum Gasteiger partial charge on any atom is 0.343 e. The van der Waals surface area contributed by atoms with Crippen molar-refractivity contribution in [3.8, 4) is 5.75 Å². The van der Waals surface area contributed by atoms with Gasteiger partial charge in [-0.25, -0.2) is 4.79 Å². The van der Waals surface area contributed by atoms with Gasteiger partial charge in [-0.15, -0.1) is 0 Å². The Labute approximate surface area is 134 Å². The maximum absolute atomic E-state index is 12.5. The number of hydrogen-bond donors (Lipinski definition) is 0. The minimum atomic E-state index is -0.456. The minimum Gasteiger partial charge on any atom is -0.497 e. The molecule has 0 aromatic heterocycles. The van der Waals surface area contributed by atoms with Crippen LogP contribution in [-0.2, 0) is 20.7 Å². The van der Waals surface area contributed by atoms with E-state index in [0.29, 0.717) is 12.8 Å². The first-order valence-corrected chi connectivity index (χ1v) is 7.99. The van der Waals surface area contributed by atoms with Crippen molar-refractivity contribution in [3.05, 3.63) is 40.6 Å². The lowest BCUT2D eigenvalue weighted by Crippen LogP contribution is -2.45. The van der Waals surface area contributed by atoms with E-state index in [4.69, 9.17) is 9.47 Å². The molecule has 0 unspecified atom stereocenters. The molecule has 3 heterocycles. The second-order valence-electron chi connectivity index (χ2n) is 6.39. The van der Waals surface area contributed by atoms with E-state index in [0.717, 1.165) is 24.4 Å². The lowest BCUT2D eigenvalue weighted by Gasteiger charge is -2.45. The molecule has 1 aromatic rings. The molecule has 0 bridgehead atoms. The van der Waals surface area contributed by atoms with Crippen LogP contribution < -0.4 is 4.74 Å². The smallest absolute Gasteiger partial charge is 0.343 e. The fourth-order valence-corrected chi connectivity index (χ4v) is 3.95. The van der Waals surface area contributed by atoms with Crippen LogP contribution in [0.3, 0.4) is 0 Å². The van der Waals surface area contributed by atoms with Crippen LogP contribution in [0.4, 0.5) is 0 Å². The van der Waals surface area contributed by atoms with Gasteiger partial charge in [-0.3, -0.25) is 4.79 Å². The standard InChI is InChI=1S/C18H19NO4/c1-10-7-15-17(18(21)23-10)16(20)9-14-13-4-3-12(22-2)8-11(13)5-6-19(14)15/h3-4,8,10,14H,5-7,9H2,1-2H3/t10-,14-/m1/s1. The van der Waals surface area contributed by atoms with Crippen LogP contribution in [0, 0.1) is 0 Å². The van der Waals surface area contributed by atoms with E-state index in [1.165, 1.54) is 11.1 Å². The van der Waals surface area contributed by atoms with E-state index >= 15 is 0 Å². The van der Waals surface area contributed by atoms with Gasteiger partial charge >= 0.3 is 5.97 Å². The van der Waals surface area contributed by atoms with Crippen molar-refractivity contribution in [1.82, 2.24) is 4.90 Å². The molecule has 0 N–H and O–H groups in total. The minimum absolute atomic E-state index is 0.0222. The summed E-state index contributed by atoms with van der Waals surface area (Å²) in [6, 6.07) is 6.07. The molecule has 0 radical (unpaired) electrons. The molecule has 3 aliphatic rings. The van der Waals surface area contributed by atoms with Crippen molar-refractivity contribution < 1.29 is 19.1 Å². The van der Waals surface area contributed by atoms with Gasteiger partial charge < -0.3 is 14.4 Å². The molecule has 23 heavy (non-hydrogen) atoms. The second kappa shape index (κ2) is 5.11. The molecule has 3 aliphatic heterocycles. The van der Waals surface area contributed by atoms with Crippen LogP contribution in [-0.4, -0.2) is 36.4 Å². The zero-order valence-corrected chi connectivity index (χ0v) is 13.3. The highest BCUT2D eigenvalue weighted by Crippen LogP contribution is 2.43. The Hall–Kier alpha value is -2.30. The fourth-order valence-electron chi connectivity index (χ4n) is 3.95. The van der Waals surface area contributed by atoms with Crippen molar-refractivity contribution in [2.24, 2.45) is 0 Å². The van der Waals surface area contributed by atoms with Gasteiger partial charge in [0, 0.05) is 25.1 Å². The van der Waals surface area contributed by atoms with Gasteiger partial charge in [0.15, 0.2) is 5.78 Å². The molecule has 0 saturated heterocycles. The topological polar surface area (TPSA) is 55.8 Å². The normalized spacial score (nSPS) is 26.3. The van der Waals surface area contributed by atoms with Crippen LogP contribution >= 0.6 is 0 Å². The summed E-state index contributed by atoms with van der Waals surface area (Å²) in [6.45, 7) is 2.69. The molecule has 4 rings (SSSR count). The molecule has 0 spiro atoms. The summed E-state index contributed by atoms with van der Waals surface area (Å²) < 4.78 is 10.5. The number of benzene rings is 1. The number of cyclic esters (lactones) is 1. The number of carbonyl (C=O) groups excluding carboxylic acids is 2. The summed E-state index contributed by atoms with van der Waals surface area (Å²) in [5.74, 6) is 0.290. The molecule has 0 fully saturated rings. The average Bonchev–Trinajstić information content (AvgIpc) is 2.53. The third-order valence-corrected chi connectivity index (χ3v) is 4.99. The van der Waals surface area contributed by atoms with E-state index in [1.807, 2.05) is 13.0 Å². The Balaban J connectivity index is 1.78. The van der Waals surface area contributed by atoms with Gasteiger partial charge in [0.25, 0.3) is 0 Å². The Morgan fingerprint density at radius 3 is 2.87 bits per heavy atom. The van der Waals surface area contributed by atoms with Gasteiger partial charge in [0.2, 0.25) is 0 Å². The number of hydrogen-bond acceptors (Lipinski definition) is 5. The fraction of sp³-hybridized carbons (Fsp3) is 0.444. The van der Waals surface area contributed by atoms with Gasteiger partial charge in [-0.2, -0.15) is 0 Å². The summed E-state index contributed by atoms with van der Waals surface area (Å²) in [6.07, 6.45) is 1.67. The molecule has 1 aromatic carbocycles. The van der Waals surface area contributed by atoms with Crippen molar-refractivity contribution in [3.63, 3.8) is 0 Å². The van der Waals surface area contributed by atoms with Crippen molar-refractivity contribution in [2.75, 3.05) is 13.7 Å². The number of Topliss-reactive ketones (excluding diaryl/α,β-unsaturated/α-hetero) is 1. The highest BCUT2D eigenvalue weighted by molar-refractivity contribution is 6.19. The Bertz CT molecular complexity index is 737. The Kier molecular flexibility index (Phi) is 3.18. The molecule has 5 heteroatoms. The molecular formula is C18H19NO4. The first-order valence-electron chi connectivity index (χ1n) is 7.99. The second-order valence-corrected chi connectivity index (χ2v) is 6.39. The largest absolute Gasteiger partial charge is 0.497 e. The van der Waals surface area contributed by atoms with Crippen LogP contribution in [0.25, 0.3) is 0 Å². The summed E-state index contributed by atoms with van der Waals surface area (Å²) in [7, 11) is 1.66. The molecule has 2 atom stereocenters. The SMILES string of the molecule is COc1ccc2c(c1)CCN1C3=C(C(=O)C[C@H]21)C(=O)O[C@H](C)C3. The van der Waals surface area contributed by atoms with Crippen molar-refractivity contribution in [2.45, 2.75) is 38.3 Å². The zero-order valence-electron chi connectivity index (χ0n) is 13.3. The van der Waals surface area contributed by atoms with E-state index in [-0.39, 0.29) is 23.5 Å². The number of rotatable bonds is 1. The predicted molar refractivity (Wildman–Crippen MR) is 83.0 cm³/mol. The summed E-state index contributed by atoms with van der Waals surface area (Å²) in [4.78, 5) is 26.9. The van der Waals surface area contributed by atoms with Gasteiger partial charge in [-0.1, -0.05) is 6.07 Å². The number of fused-ring (bicyclic) bond motifs is 4. The van der Waals surface area contributed by atoms with Gasteiger partial charge in [0.05, 0.1) is 13.2 Å². The highest BCUT2D eigenvalue weighted by Gasteiger charge is 2.43. The van der Waals surface area contributed by atoms with Crippen LogP contribution in [0.2, 0.25) is 0 Å². The zero-order chi connectivity index (χ0) is 16.1. The lowest BCUT2D eigenvalue weighted by atomic mass is 9.82. The third-order valence-electron chi connectivity index (χ3n) is 4.99. The summed E-state index contributed by atoms with van der Waals surface area (Å²) in [5.41, 5.74) is 3.55. The Morgan fingerprint density at radius 1 is 1.26 bits per heavy atom. The van der Waals surface area contributed by atoms with E-state index in [1.54, 1.807) is 7.11 Å². The molecule has 5 nitrogen and oxygen atoms in total. The van der Waals surface area contributed by atoms with Crippen molar-refractivity contribution in [1.29, 1.82) is 0 Å². The highest BCUT2D eigenvalue weighted by atomic mass is 16.5. The van der Waals surface area contributed by atoms with E-state index in [2.05, 4.69) is 17.0 Å². The molecular weight excluding hydrogens is 294 g/mol. The summed E-state index contributed by atoms with van der Waals surface area (Å²) in [5, 5.41) is 0. The van der Waals surface area contributed by atoms with Crippen LogP contribution in [0.5, 0.6) is 5.75 Å². The average molecular weight is 313 g/mol. The Morgan fingerprint density at radius 2 is 2.09 bits per heavy atom. The first kappa shape index (κ1) is 14.3. The molecule has 0 amide bonds. The molecule has 120 valence electrons. The van der Waals surface area contributed by atoms with Gasteiger partial charge in [0.1, 0.15) is 17.4 Å². The first-order chi connectivity index (χ1) is 11.1. The number of nitrogens with zero attached hydrogens (tertiary/aromatic N) is 1. The lowest BCUT2D eigenvalue weighted by molar-refractivity contribution is -0.147. The van der Waals surface area contributed by atoms with Crippen LogP contribution in [0.1, 0.15) is 36.9 Å². The monoisotopic (exact) mass is 313 g/mol. The number of esters is 1. The summed E-state index contributed by atoms with van der Waals surface area (Å²) >= 11 is 0.